The molecule has 8 nitrogen and oxygen atoms in total. The van der Waals surface area contributed by atoms with Crippen molar-refractivity contribution in [1.29, 1.82) is 0 Å². The molecule has 6 aromatic rings. The normalized spacial score (nSPS) is 11.4. The molecule has 2 radical (unpaired) electrons. The summed E-state index contributed by atoms with van der Waals surface area (Å²) in [5.74, 6) is 3.21. The van der Waals surface area contributed by atoms with Crippen LogP contribution in [0.4, 0.5) is 0 Å². The second-order valence-electron chi connectivity index (χ2n) is 13.1. The average molecular weight is 1220 g/mol. The molecule has 2 N–H and O–H groups in total. The fourth-order valence-electron chi connectivity index (χ4n) is 6.21. The Morgan fingerprint density at radius 3 is 1.46 bits per heavy atom. The van der Waals surface area contributed by atoms with Gasteiger partial charge in [-0.2, -0.15) is 10.2 Å². The minimum absolute atomic E-state index is 0. The number of aryl methyl sites for hydroxylation is 8. The van der Waals surface area contributed by atoms with Crippen molar-refractivity contribution in [2.24, 2.45) is 0 Å². The fourth-order valence-corrected chi connectivity index (χ4v) is 6.97. The second-order valence-corrected chi connectivity index (χ2v) is 15.0. The summed E-state index contributed by atoms with van der Waals surface area (Å²) < 4.78 is 5.93. The predicted octanol–water partition coefficient (Wildman–Crippen LogP) is 10.4. The van der Waals surface area contributed by atoms with E-state index in [2.05, 4.69) is 136 Å². The fraction of sp³-hybridized carbons (Fsp3) is 0.333. The molecule has 0 fully saturated rings. The van der Waals surface area contributed by atoms with Crippen molar-refractivity contribution in [3.8, 4) is 34.2 Å². The van der Waals surface area contributed by atoms with Gasteiger partial charge in [-0.1, -0.05) is 91.3 Å². The third kappa shape index (κ3) is 13.2. The number of aliphatic hydroxyl groups is 2. The van der Waals surface area contributed by atoms with Crippen molar-refractivity contribution < 1.29 is 50.4 Å². The van der Waals surface area contributed by atoms with Gasteiger partial charge in [0.15, 0.2) is 5.82 Å². The Balaban J connectivity index is 0.000000439. The van der Waals surface area contributed by atoms with Gasteiger partial charge in [0.1, 0.15) is 11.6 Å². The third-order valence-corrected chi connectivity index (χ3v) is 8.88. The van der Waals surface area contributed by atoms with E-state index < -0.39 is 0 Å². The molecule has 0 spiro atoms. The number of nitrogens with zero attached hydrogens (tertiary/aromatic N) is 6. The van der Waals surface area contributed by atoms with Gasteiger partial charge in [0, 0.05) is 50.2 Å². The maximum atomic E-state index is 8.56. The zero-order valence-electron chi connectivity index (χ0n) is 31.7. The SMILES string of the molecule is C.CC(O)CC(C)O.Cc1cc(C)c(-n2nc(C)nc2-c2[c-]ccc(Br)c2)c(C)c1.Cc1cc(C)c(-n2nc(C)nc2-c2cccc(Br)c2)c(C)c1.[Ir].[Ir]. The monoisotopic (exact) mass is 1220 g/mol. The predicted molar refractivity (Wildman–Crippen MR) is 220 cm³/mol. The molecule has 2 heterocycles. The Morgan fingerprint density at radius 1 is 0.630 bits per heavy atom. The molecule has 12 heteroatoms. The second kappa shape index (κ2) is 22.2. The van der Waals surface area contributed by atoms with Crippen molar-refractivity contribution in [2.45, 2.75) is 95.3 Å². The zero-order valence-corrected chi connectivity index (χ0v) is 39.7. The van der Waals surface area contributed by atoms with Gasteiger partial charge in [-0.15, -0.1) is 29.8 Å². The van der Waals surface area contributed by atoms with Crippen LogP contribution in [-0.2, 0) is 40.2 Å². The van der Waals surface area contributed by atoms with Gasteiger partial charge in [-0.25, -0.2) is 9.67 Å². The first-order valence-corrected chi connectivity index (χ1v) is 18.5. The molecule has 294 valence electrons. The van der Waals surface area contributed by atoms with Crippen LogP contribution in [-0.4, -0.2) is 51.9 Å². The van der Waals surface area contributed by atoms with Crippen LogP contribution >= 0.6 is 31.9 Å². The summed E-state index contributed by atoms with van der Waals surface area (Å²) in [4.78, 5) is 9.24. The van der Waals surface area contributed by atoms with E-state index in [1.54, 1.807) is 13.8 Å². The maximum absolute atomic E-state index is 8.56. The van der Waals surface area contributed by atoms with Crippen molar-refractivity contribution in [2.75, 3.05) is 0 Å². The third-order valence-electron chi connectivity index (χ3n) is 7.89. The molecular formula is C42H51Br2Ir2N6O2-. The molecule has 2 atom stereocenters. The zero-order chi connectivity index (χ0) is 37.6. The van der Waals surface area contributed by atoms with E-state index in [0.29, 0.717) is 6.42 Å². The molecule has 0 saturated heterocycles. The van der Waals surface area contributed by atoms with E-state index in [0.717, 1.165) is 54.7 Å². The van der Waals surface area contributed by atoms with Crippen LogP contribution < -0.4 is 0 Å². The molecule has 0 bridgehead atoms. The Kier molecular flexibility index (Phi) is 20.3. The Labute approximate surface area is 365 Å². The van der Waals surface area contributed by atoms with Gasteiger partial charge >= 0.3 is 0 Å². The van der Waals surface area contributed by atoms with Crippen LogP contribution in [0, 0.1) is 61.5 Å². The standard InChI is InChI=1S/C18H18BrN3.C18H17BrN3.C5H12O2.CH4.2Ir/c2*1-11-8-12(2)17(13(3)9-11)22-18(20-14(4)21-22)15-6-5-7-16(19)10-15;1-4(6)3-5(2)7;;;/h5-10H,1-4H3;5,7-10H,1-4H3;4-7H,3H2,1-2H3;1H4;;/q;-1;;;;. The number of hydrogen-bond acceptors (Lipinski definition) is 6. The van der Waals surface area contributed by atoms with Gasteiger partial charge < -0.3 is 10.2 Å². The molecule has 4 aromatic carbocycles. The van der Waals surface area contributed by atoms with Crippen LogP contribution in [0.15, 0.2) is 75.7 Å². The van der Waals surface area contributed by atoms with Gasteiger partial charge in [0.05, 0.1) is 29.4 Å². The van der Waals surface area contributed by atoms with E-state index in [-0.39, 0.29) is 59.8 Å². The topological polar surface area (TPSA) is 102 Å². The first-order chi connectivity index (χ1) is 24.0. The summed E-state index contributed by atoms with van der Waals surface area (Å²) in [5.41, 5.74) is 11.5. The van der Waals surface area contributed by atoms with Gasteiger partial charge in [0.25, 0.3) is 0 Å². The Bertz CT molecular complexity index is 1930. The van der Waals surface area contributed by atoms with Crippen LogP contribution in [0.2, 0.25) is 0 Å². The van der Waals surface area contributed by atoms with Gasteiger partial charge in [0.2, 0.25) is 0 Å². The summed E-state index contributed by atoms with van der Waals surface area (Å²) in [6.45, 7) is 19.9. The first-order valence-electron chi connectivity index (χ1n) is 16.9. The minimum Gasteiger partial charge on any atom is -0.393 e. The quantitative estimate of drug-likeness (QED) is 0.161. The molecule has 0 saturated carbocycles. The summed E-state index contributed by atoms with van der Waals surface area (Å²) >= 11 is 7.04. The summed E-state index contributed by atoms with van der Waals surface area (Å²) in [5, 5.41) is 26.4. The van der Waals surface area contributed by atoms with Crippen molar-refractivity contribution in [1.82, 2.24) is 29.5 Å². The van der Waals surface area contributed by atoms with Crippen molar-refractivity contribution in [3.63, 3.8) is 0 Å². The maximum Gasteiger partial charge on any atom is 0.163 e. The van der Waals surface area contributed by atoms with Crippen molar-refractivity contribution in [3.05, 3.63) is 127 Å². The van der Waals surface area contributed by atoms with Gasteiger partial charge in [-0.05, 0) is 110 Å². The Morgan fingerprint density at radius 2 is 1.06 bits per heavy atom. The molecule has 0 aliphatic carbocycles. The Hall–Kier alpha value is -2.66. The molecule has 2 aromatic heterocycles. The van der Waals surface area contributed by atoms with Crippen LogP contribution in [0.1, 0.15) is 72.7 Å². The minimum atomic E-state index is -0.375. The largest absolute Gasteiger partial charge is 0.393 e. The smallest absolute Gasteiger partial charge is 0.163 e. The number of aliphatic hydroxyl groups excluding tert-OH is 2. The van der Waals surface area contributed by atoms with E-state index in [1.807, 2.05) is 53.5 Å². The number of halogens is 2. The number of hydrogen-bond donors (Lipinski definition) is 2. The number of aromatic nitrogens is 6. The van der Waals surface area contributed by atoms with Gasteiger partial charge in [-0.3, -0.25) is 9.67 Å². The van der Waals surface area contributed by atoms with E-state index >= 15 is 0 Å². The van der Waals surface area contributed by atoms with Crippen LogP contribution in [0.3, 0.4) is 0 Å². The van der Waals surface area contributed by atoms with E-state index in [9.17, 15) is 0 Å². The molecule has 0 aliphatic heterocycles. The summed E-state index contributed by atoms with van der Waals surface area (Å²) in [7, 11) is 0. The number of benzene rings is 4. The summed E-state index contributed by atoms with van der Waals surface area (Å²) in [6, 6.07) is 26.0. The molecule has 0 aliphatic rings. The average Bonchev–Trinajstić information content (AvgIpc) is 3.58. The first kappa shape index (κ1) is 49.4. The number of rotatable bonds is 6. The van der Waals surface area contributed by atoms with Crippen molar-refractivity contribution >= 4 is 31.9 Å². The van der Waals surface area contributed by atoms with Crippen LogP contribution in [0.25, 0.3) is 34.2 Å². The van der Waals surface area contributed by atoms with E-state index in [4.69, 9.17) is 10.2 Å². The molecule has 54 heavy (non-hydrogen) atoms. The molecule has 2 unspecified atom stereocenters. The van der Waals surface area contributed by atoms with E-state index in [1.165, 1.54) is 33.4 Å². The molecule has 6 rings (SSSR count). The molecular weight excluding hydrogens is 1160 g/mol. The summed E-state index contributed by atoms with van der Waals surface area (Å²) in [6.07, 6.45) is -0.278. The molecule has 0 amide bonds. The van der Waals surface area contributed by atoms with Crippen LogP contribution in [0.5, 0.6) is 0 Å².